The molecule has 0 heterocycles. The fraction of sp³-hybridized carbons (Fsp3) is 0.211. The Hall–Kier alpha value is -2.20. The molecule has 0 aromatic heterocycles. The van der Waals surface area contributed by atoms with Gasteiger partial charge in [0, 0.05) is 24.9 Å². The first kappa shape index (κ1) is 22.1. The van der Waals surface area contributed by atoms with Crippen LogP contribution in [0.4, 0.5) is 5.69 Å². The Bertz CT molecular complexity index is 930. The molecule has 1 amide bonds. The van der Waals surface area contributed by atoms with Gasteiger partial charge in [0.2, 0.25) is 10.0 Å². The minimum absolute atomic E-state index is 0.104. The number of halogens is 1. The summed E-state index contributed by atoms with van der Waals surface area (Å²) in [5, 5.41) is 2.73. The van der Waals surface area contributed by atoms with Crippen molar-refractivity contribution in [2.45, 2.75) is 4.90 Å². The highest BCUT2D eigenvalue weighted by molar-refractivity contribution is 9.10. The predicted octanol–water partition coefficient (Wildman–Crippen LogP) is 3.19. The summed E-state index contributed by atoms with van der Waals surface area (Å²) < 4.78 is 37.6. The quantitative estimate of drug-likeness (QED) is 0.412. The van der Waals surface area contributed by atoms with Crippen LogP contribution in [0.15, 0.2) is 64.5 Å². The highest BCUT2D eigenvalue weighted by atomic mass is 79.9. The van der Waals surface area contributed by atoms with Gasteiger partial charge in [0.15, 0.2) is 0 Å². The Morgan fingerprint density at radius 2 is 1.89 bits per heavy atom. The van der Waals surface area contributed by atoms with Gasteiger partial charge in [-0.15, -0.1) is 6.58 Å². The Morgan fingerprint density at radius 1 is 1.18 bits per heavy atom. The molecule has 150 valence electrons. The maximum absolute atomic E-state index is 12.4. The first-order valence-electron chi connectivity index (χ1n) is 8.30. The predicted molar refractivity (Wildman–Crippen MR) is 111 cm³/mol. The van der Waals surface area contributed by atoms with Gasteiger partial charge in [0.05, 0.1) is 16.0 Å². The number of benzene rings is 2. The molecule has 0 aliphatic heterocycles. The van der Waals surface area contributed by atoms with Crippen molar-refractivity contribution in [3.8, 4) is 5.75 Å². The second-order valence-electron chi connectivity index (χ2n) is 5.61. The number of ether oxygens (including phenoxy) is 2. The van der Waals surface area contributed by atoms with E-state index in [1.165, 1.54) is 30.3 Å². The molecule has 9 heteroatoms. The van der Waals surface area contributed by atoms with Gasteiger partial charge in [0.25, 0.3) is 5.91 Å². The van der Waals surface area contributed by atoms with Crippen LogP contribution in [-0.4, -0.2) is 41.2 Å². The number of rotatable bonds is 10. The van der Waals surface area contributed by atoms with E-state index in [1.54, 1.807) is 25.3 Å². The van der Waals surface area contributed by atoms with E-state index in [4.69, 9.17) is 9.47 Å². The molecule has 0 unspecified atom stereocenters. The third-order valence-corrected chi connectivity index (χ3v) is 5.64. The molecule has 0 radical (unpaired) electrons. The minimum Gasteiger partial charge on any atom is -0.490 e. The maximum Gasteiger partial charge on any atom is 0.255 e. The van der Waals surface area contributed by atoms with Gasteiger partial charge in [-0.3, -0.25) is 4.79 Å². The van der Waals surface area contributed by atoms with Crippen LogP contribution in [0.2, 0.25) is 0 Å². The molecule has 2 N–H and O–H groups in total. The first-order valence-corrected chi connectivity index (χ1v) is 10.6. The van der Waals surface area contributed by atoms with Crippen molar-refractivity contribution < 1.29 is 22.7 Å². The smallest absolute Gasteiger partial charge is 0.255 e. The van der Waals surface area contributed by atoms with Gasteiger partial charge in [-0.25, -0.2) is 13.1 Å². The maximum atomic E-state index is 12.4. The van der Waals surface area contributed by atoms with Crippen LogP contribution >= 0.6 is 15.9 Å². The lowest BCUT2D eigenvalue weighted by Crippen LogP contribution is -2.23. The normalized spacial score (nSPS) is 11.1. The Kier molecular flexibility index (Phi) is 8.18. The van der Waals surface area contributed by atoms with Crippen LogP contribution in [0.25, 0.3) is 0 Å². The standard InChI is InChI=1S/C19H21BrN2O5S/c1-3-10-21-28(24,25)16-7-5-15(6-8-16)22-19(23)14-4-9-18(17(20)13-14)27-12-11-26-2/h3-9,13,21H,1,10-12H2,2H3,(H,22,23). The van der Waals surface area contributed by atoms with E-state index in [9.17, 15) is 13.2 Å². The Labute approximate surface area is 172 Å². The average Bonchev–Trinajstić information content (AvgIpc) is 2.68. The number of hydrogen-bond donors (Lipinski definition) is 2. The van der Waals surface area contributed by atoms with Crippen LogP contribution in [-0.2, 0) is 14.8 Å². The SMILES string of the molecule is C=CCNS(=O)(=O)c1ccc(NC(=O)c2ccc(OCCOC)c(Br)c2)cc1. The third-order valence-electron chi connectivity index (χ3n) is 3.58. The third kappa shape index (κ3) is 6.16. The van der Waals surface area contributed by atoms with Crippen LogP contribution in [0.1, 0.15) is 10.4 Å². The zero-order chi connectivity index (χ0) is 20.6. The second kappa shape index (κ2) is 10.4. The Morgan fingerprint density at radius 3 is 2.50 bits per heavy atom. The molecule has 7 nitrogen and oxygen atoms in total. The summed E-state index contributed by atoms with van der Waals surface area (Å²) in [4.78, 5) is 12.5. The van der Waals surface area contributed by atoms with E-state index in [2.05, 4.69) is 32.5 Å². The summed E-state index contributed by atoms with van der Waals surface area (Å²) >= 11 is 3.38. The van der Waals surface area contributed by atoms with Crippen molar-refractivity contribution in [2.24, 2.45) is 0 Å². The summed E-state index contributed by atoms with van der Waals surface area (Å²) in [5.74, 6) is 0.278. The molecule has 0 aliphatic carbocycles. The number of nitrogens with one attached hydrogen (secondary N) is 2. The van der Waals surface area contributed by atoms with E-state index in [1.807, 2.05) is 0 Å². The first-order chi connectivity index (χ1) is 13.4. The zero-order valence-corrected chi connectivity index (χ0v) is 17.7. The van der Waals surface area contributed by atoms with E-state index in [0.29, 0.717) is 34.7 Å². The molecule has 2 aromatic carbocycles. The molecular weight excluding hydrogens is 448 g/mol. The second-order valence-corrected chi connectivity index (χ2v) is 8.23. The minimum atomic E-state index is -3.60. The molecule has 0 spiro atoms. The number of amides is 1. The molecule has 0 atom stereocenters. The van der Waals surface area contributed by atoms with Gasteiger partial charge in [-0.1, -0.05) is 6.08 Å². The summed E-state index contributed by atoms with van der Waals surface area (Å²) in [6, 6.07) is 10.9. The molecule has 2 rings (SSSR count). The van der Waals surface area contributed by atoms with Crippen molar-refractivity contribution in [3.05, 3.63) is 65.2 Å². The van der Waals surface area contributed by atoms with Crippen molar-refractivity contribution in [1.82, 2.24) is 4.72 Å². The molecule has 0 saturated heterocycles. The number of hydrogen-bond acceptors (Lipinski definition) is 5. The van der Waals surface area contributed by atoms with Crippen molar-refractivity contribution in [2.75, 3.05) is 32.2 Å². The van der Waals surface area contributed by atoms with Crippen LogP contribution < -0.4 is 14.8 Å². The van der Waals surface area contributed by atoms with E-state index >= 15 is 0 Å². The van der Waals surface area contributed by atoms with Crippen LogP contribution in [0.3, 0.4) is 0 Å². The topological polar surface area (TPSA) is 93.7 Å². The number of carbonyl (C=O) groups excluding carboxylic acids is 1. The highest BCUT2D eigenvalue weighted by Gasteiger charge is 2.14. The molecule has 0 bridgehead atoms. The van der Waals surface area contributed by atoms with E-state index in [0.717, 1.165) is 0 Å². The fourth-order valence-corrected chi connectivity index (χ4v) is 3.66. The monoisotopic (exact) mass is 468 g/mol. The lowest BCUT2D eigenvalue weighted by atomic mass is 10.2. The molecule has 28 heavy (non-hydrogen) atoms. The summed E-state index contributed by atoms with van der Waals surface area (Å²) in [6.07, 6.45) is 1.46. The molecule has 0 fully saturated rings. The summed E-state index contributed by atoms with van der Waals surface area (Å²) in [6.45, 7) is 4.47. The van der Waals surface area contributed by atoms with Gasteiger partial charge >= 0.3 is 0 Å². The summed E-state index contributed by atoms with van der Waals surface area (Å²) in [7, 11) is -2.01. The van der Waals surface area contributed by atoms with Crippen molar-refractivity contribution in [1.29, 1.82) is 0 Å². The molecule has 0 aliphatic rings. The number of methoxy groups -OCH3 is 1. The number of carbonyl (C=O) groups is 1. The van der Waals surface area contributed by atoms with E-state index in [-0.39, 0.29) is 17.3 Å². The van der Waals surface area contributed by atoms with Gasteiger partial charge in [-0.05, 0) is 58.4 Å². The lowest BCUT2D eigenvalue weighted by Gasteiger charge is -2.10. The lowest BCUT2D eigenvalue weighted by molar-refractivity contribution is 0.102. The van der Waals surface area contributed by atoms with Gasteiger partial charge in [0.1, 0.15) is 12.4 Å². The fourth-order valence-electron chi connectivity index (χ4n) is 2.17. The van der Waals surface area contributed by atoms with Crippen molar-refractivity contribution >= 4 is 37.5 Å². The van der Waals surface area contributed by atoms with Crippen LogP contribution in [0.5, 0.6) is 5.75 Å². The molecule has 0 saturated carbocycles. The molecule has 2 aromatic rings. The van der Waals surface area contributed by atoms with Gasteiger partial charge < -0.3 is 14.8 Å². The zero-order valence-electron chi connectivity index (χ0n) is 15.3. The number of anilines is 1. The Balaban J connectivity index is 2.04. The molecular formula is C19H21BrN2O5S. The number of sulfonamides is 1. The summed E-state index contributed by atoms with van der Waals surface area (Å²) in [5.41, 5.74) is 0.902. The highest BCUT2D eigenvalue weighted by Crippen LogP contribution is 2.26. The average molecular weight is 469 g/mol. The van der Waals surface area contributed by atoms with Crippen LogP contribution in [0, 0.1) is 0 Å². The van der Waals surface area contributed by atoms with E-state index < -0.39 is 10.0 Å². The van der Waals surface area contributed by atoms with Crippen molar-refractivity contribution in [3.63, 3.8) is 0 Å². The van der Waals surface area contributed by atoms with Gasteiger partial charge in [-0.2, -0.15) is 0 Å². The largest absolute Gasteiger partial charge is 0.490 e.